The van der Waals surface area contributed by atoms with Crippen molar-refractivity contribution in [1.29, 1.82) is 0 Å². The topological polar surface area (TPSA) is 53.4 Å². The number of hydrogen-bond donors (Lipinski definition) is 1. The van der Waals surface area contributed by atoms with Crippen molar-refractivity contribution in [2.75, 3.05) is 39.8 Å². The maximum Gasteiger partial charge on any atom is 0.274 e. The highest BCUT2D eigenvalue weighted by Crippen LogP contribution is 2.21. The van der Waals surface area contributed by atoms with Gasteiger partial charge in [0.25, 0.3) is 5.91 Å². The lowest BCUT2D eigenvalue weighted by Crippen LogP contribution is -2.41. The fourth-order valence-corrected chi connectivity index (χ4v) is 4.60. The largest absolute Gasteiger partial charge is 0.337 e. The van der Waals surface area contributed by atoms with Crippen LogP contribution in [-0.2, 0) is 6.54 Å². The Balaban J connectivity index is 1.25. The second-order valence-corrected chi connectivity index (χ2v) is 8.60. The van der Waals surface area contributed by atoms with Crippen LogP contribution in [-0.4, -0.2) is 65.3 Å². The number of amides is 1. The van der Waals surface area contributed by atoms with Gasteiger partial charge in [-0.2, -0.15) is 5.10 Å². The lowest BCUT2D eigenvalue weighted by atomic mass is 9.96. The number of benzene rings is 1. The van der Waals surface area contributed by atoms with Crippen molar-refractivity contribution in [3.05, 3.63) is 53.9 Å². The number of piperidine rings is 2. The molecule has 0 radical (unpaired) electrons. The van der Waals surface area contributed by atoms with E-state index >= 15 is 0 Å². The lowest BCUT2D eigenvalue weighted by molar-refractivity contribution is 0.0665. The second-order valence-electron chi connectivity index (χ2n) is 8.60. The standard InChI is InChI=1S/C23H33N5O/c1-26(17-19-6-3-2-4-7-19)18-20-9-13-27(14-10-20)23(29)22-11-15-28(25-22)21-8-5-12-24-16-21/h2-4,6-7,11,15,20-21,24H,5,8-10,12-14,16-18H2,1H3. The van der Waals surface area contributed by atoms with Crippen LogP contribution >= 0.6 is 0 Å². The molecule has 2 saturated heterocycles. The number of aromatic nitrogens is 2. The van der Waals surface area contributed by atoms with E-state index in [2.05, 4.69) is 52.7 Å². The Morgan fingerprint density at radius 3 is 2.69 bits per heavy atom. The van der Waals surface area contributed by atoms with Crippen LogP contribution in [0, 0.1) is 5.92 Å². The summed E-state index contributed by atoms with van der Waals surface area (Å²) in [4.78, 5) is 17.3. The summed E-state index contributed by atoms with van der Waals surface area (Å²) in [6.45, 7) is 5.75. The summed E-state index contributed by atoms with van der Waals surface area (Å²) in [6.07, 6.45) is 6.40. The molecule has 156 valence electrons. The van der Waals surface area contributed by atoms with Crippen molar-refractivity contribution in [2.24, 2.45) is 5.92 Å². The predicted molar refractivity (Wildman–Crippen MR) is 115 cm³/mol. The smallest absolute Gasteiger partial charge is 0.274 e. The van der Waals surface area contributed by atoms with Crippen molar-refractivity contribution in [3.8, 4) is 0 Å². The Bertz CT molecular complexity index is 776. The number of hydrogen-bond acceptors (Lipinski definition) is 4. The molecule has 1 unspecified atom stereocenters. The number of likely N-dealkylation sites (tertiary alicyclic amines) is 1. The van der Waals surface area contributed by atoms with E-state index in [1.807, 2.05) is 21.8 Å². The van der Waals surface area contributed by atoms with Gasteiger partial charge in [-0.3, -0.25) is 9.48 Å². The van der Waals surface area contributed by atoms with Gasteiger partial charge < -0.3 is 15.1 Å². The summed E-state index contributed by atoms with van der Waals surface area (Å²) in [6, 6.07) is 12.9. The minimum atomic E-state index is 0.0867. The Labute approximate surface area is 173 Å². The van der Waals surface area contributed by atoms with Gasteiger partial charge in [-0.25, -0.2) is 0 Å². The molecule has 2 aliphatic rings. The first kappa shape index (κ1) is 20.1. The highest BCUT2D eigenvalue weighted by atomic mass is 16.2. The SMILES string of the molecule is CN(Cc1ccccc1)CC1CCN(C(=O)c2ccn(C3CCCNC3)n2)CC1. The van der Waals surface area contributed by atoms with E-state index in [0.717, 1.165) is 58.5 Å². The molecule has 2 aliphatic heterocycles. The van der Waals surface area contributed by atoms with Crippen LogP contribution in [0.15, 0.2) is 42.6 Å². The maximum atomic E-state index is 12.9. The lowest BCUT2D eigenvalue weighted by Gasteiger charge is -2.33. The van der Waals surface area contributed by atoms with E-state index in [1.165, 1.54) is 12.0 Å². The van der Waals surface area contributed by atoms with Crippen LogP contribution in [0.1, 0.15) is 47.8 Å². The summed E-state index contributed by atoms with van der Waals surface area (Å²) in [5.41, 5.74) is 1.95. The van der Waals surface area contributed by atoms with Crippen LogP contribution in [0.3, 0.4) is 0 Å². The highest BCUT2D eigenvalue weighted by molar-refractivity contribution is 5.92. The van der Waals surface area contributed by atoms with Gasteiger partial charge >= 0.3 is 0 Å². The molecule has 2 fully saturated rings. The number of carbonyl (C=O) groups is 1. The summed E-state index contributed by atoms with van der Waals surface area (Å²) in [5.74, 6) is 0.738. The van der Waals surface area contributed by atoms with Crippen molar-refractivity contribution in [3.63, 3.8) is 0 Å². The van der Waals surface area contributed by atoms with Gasteiger partial charge in [-0.05, 0) is 56.8 Å². The van der Waals surface area contributed by atoms with Crippen LogP contribution in [0.2, 0.25) is 0 Å². The third kappa shape index (κ3) is 5.25. The van der Waals surface area contributed by atoms with Gasteiger partial charge in [0.05, 0.1) is 6.04 Å². The molecule has 1 amide bonds. The number of nitrogens with one attached hydrogen (secondary N) is 1. The number of rotatable bonds is 6. The van der Waals surface area contributed by atoms with Crippen LogP contribution < -0.4 is 5.32 Å². The molecule has 1 N–H and O–H groups in total. The molecule has 2 aromatic rings. The summed E-state index contributed by atoms with van der Waals surface area (Å²) >= 11 is 0. The highest BCUT2D eigenvalue weighted by Gasteiger charge is 2.26. The third-order valence-corrected chi connectivity index (χ3v) is 6.24. The summed E-state index contributed by atoms with van der Waals surface area (Å²) in [5, 5.41) is 8.01. The van der Waals surface area contributed by atoms with Crippen molar-refractivity contribution in [2.45, 2.75) is 38.3 Å². The average Bonchev–Trinajstić information content (AvgIpc) is 3.25. The zero-order chi connectivity index (χ0) is 20.1. The van der Waals surface area contributed by atoms with E-state index in [9.17, 15) is 4.79 Å². The van der Waals surface area contributed by atoms with Gasteiger partial charge in [0.15, 0.2) is 0 Å². The van der Waals surface area contributed by atoms with Crippen LogP contribution in [0.25, 0.3) is 0 Å². The molecule has 29 heavy (non-hydrogen) atoms. The molecule has 0 bridgehead atoms. The number of nitrogens with zero attached hydrogens (tertiary/aromatic N) is 4. The van der Waals surface area contributed by atoms with Gasteiger partial charge in [0, 0.05) is 38.9 Å². The van der Waals surface area contributed by atoms with Crippen LogP contribution in [0.5, 0.6) is 0 Å². The second kappa shape index (κ2) is 9.55. The molecule has 0 aliphatic carbocycles. The maximum absolute atomic E-state index is 12.9. The quantitative estimate of drug-likeness (QED) is 0.817. The molecular formula is C23H33N5O. The molecule has 3 heterocycles. The average molecular weight is 396 g/mol. The van der Waals surface area contributed by atoms with E-state index < -0.39 is 0 Å². The molecular weight excluding hydrogens is 362 g/mol. The van der Waals surface area contributed by atoms with E-state index in [4.69, 9.17) is 0 Å². The van der Waals surface area contributed by atoms with Gasteiger partial charge in [-0.1, -0.05) is 30.3 Å². The van der Waals surface area contributed by atoms with Gasteiger partial charge in [0.1, 0.15) is 5.69 Å². The van der Waals surface area contributed by atoms with E-state index in [0.29, 0.717) is 17.7 Å². The first-order valence-corrected chi connectivity index (χ1v) is 11.0. The summed E-state index contributed by atoms with van der Waals surface area (Å²) in [7, 11) is 2.19. The van der Waals surface area contributed by atoms with Crippen molar-refractivity contribution >= 4 is 5.91 Å². The van der Waals surface area contributed by atoms with E-state index in [-0.39, 0.29) is 5.91 Å². The fourth-order valence-electron chi connectivity index (χ4n) is 4.60. The zero-order valence-corrected chi connectivity index (χ0v) is 17.5. The molecule has 1 aromatic heterocycles. The predicted octanol–water partition coefficient (Wildman–Crippen LogP) is 2.79. The number of carbonyl (C=O) groups excluding carboxylic acids is 1. The molecule has 6 nitrogen and oxygen atoms in total. The Hall–Kier alpha value is -2.18. The normalized spacial score (nSPS) is 20.9. The zero-order valence-electron chi connectivity index (χ0n) is 17.5. The van der Waals surface area contributed by atoms with Crippen LogP contribution in [0.4, 0.5) is 0 Å². The Morgan fingerprint density at radius 2 is 1.97 bits per heavy atom. The molecule has 6 heteroatoms. The van der Waals surface area contributed by atoms with Crippen molar-refractivity contribution in [1.82, 2.24) is 24.9 Å². The summed E-state index contributed by atoms with van der Waals surface area (Å²) < 4.78 is 1.98. The van der Waals surface area contributed by atoms with E-state index in [1.54, 1.807) is 0 Å². The minimum Gasteiger partial charge on any atom is -0.337 e. The Kier molecular flexibility index (Phi) is 6.62. The van der Waals surface area contributed by atoms with Crippen molar-refractivity contribution < 1.29 is 4.79 Å². The molecule has 4 rings (SSSR count). The third-order valence-electron chi connectivity index (χ3n) is 6.24. The molecule has 1 aromatic carbocycles. The van der Waals surface area contributed by atoms with Gasteiger partial charge in [-0.15, -0.1) is 0 Å². The Morgan fingerprint density at radius 1 is 1.17 bits per heavy atom. The minimum absolute atomic E-state index is 0.0867. The first-order valence-electron chi connectivity index (χ1n) is 11.0. The first-order chi connectivity index (χ1) is 14.2. The van der Waals surface area contributed by atoms with Gasteiger partial charge in [0.2, 0.25) is 0 Å². The fraction of sp³-hybridized carbons (Fsp3) is 0.565. The molecule has 0 saturated carbocycles. The monoisotopic (exact) mass is 395 g/mol. The molecule has 1 atom stereocenters. The molecule has 0 spiro atoms.